The van der Waals surface area contributed by atoms with Gasteiger partial charge in [0.1, 0.15) is 6.04 Å². The van der Waals surface area contributed by atoms with Gasteiger partial charge in [-0.3, -0.25) is 9.69 Å². The first-order valence-electron chi connectivity index (χ1n) is 6.75. The van der Waals surface area contributed by atoms with Crippen LogP contribution in [0.5, 0.6) is 0 Å². The zero-order chi connectivity index (χ0) is 13.0. The Labute approximate surface area is 112 Å². The van der Waals surface area contributed by atoms with Gasteiger partial charge in [0.05, 0.1) is 0 Å². The van der Waals surface area contributed by atoms with Crippen LogP contribution in [0.15, 0.2) is 12.1 Å². The normalized spacial score (nSPS) is 21.7. The van der Waals surface area contributed by atoms with Gasteiger partial charge in [-0.25, -0.2) is 0 Å². The Hall–Kier alpha value is -0.870. The molecule has 1 atom stereocenters. The van der Waals surface area contributed by atoms with Crippen molar-refractivity contribution in [3.05, 3.63) is 21.9 Å². The maximum Gasteiger partial charge on any atom is 0.320 e. The smallest absolute Gasteiger partial charge is 0.320 e. The molecule has 1 aromatic heterocycles. The SMILES string of the molecule is CCc1ccc(CN2CCCCCC2C(=O)O)s1. The standard InChI is InChI=1S/C14H21NO2S/c1-2-11-7-8-12(18-11)10-15-9-5-3-4-6-13(15)14(16)17/h7-8,13H,2-6,9-10H2,1H3,(H,16,17). The Morgan fingerprint density at radius 2 is 2.17 bits per heavy atom. The molecule has 0 bridgehead atoms. The molecule has 100 valence electrons. The van der Waals surface area contributed by atoms with E-state index in [-0.39, 0.29) is 6.04 Å². The predicted octanol–water partition coefficient (Wildman–Crippen LogP) is 3.14. The third-order valence-electron chi connectivity index (χ3n) is 3.57. The Bertz CT molecular complexity index is 402. The highest BCUT2D eigenvalue weighted by atomic mass is 32.1. The summed E-state index contributed by atoms with van der Waals surface area (Å²) in [7, 11) is 0. The van der Waals surface area contributed by atoms with Crippen LogP contribution in [0.25, 0.3) is 0 Å². The van der Waals surface area contributed by atoms with E-state index in [1.54, 1.807) is 0 Å². The van der Waals surface area contributed by atoms with Gasteiger partial charge in [0.15, 0.2) is 0 Å². The van der Waals surface area contributed by atoms with Crippen LogP contribution in [-0.4, -0.2) is 28.6 Å². The van der Waals surface area contributed by atoms with Crippen molar-refractivity contribution in [3.63, 3.8) is 0 Å². The summed E-state index contributed by atoms with van der Waals surface area (Å²) in [6, 6.07) is 4.01. The van der Waals surface area contributed by atoms with E-state index in [0.29, 0.717) is 0 Å². The molecule has 0 aromatic carbocycles. The average molecular weight is 267 g/mol. The van der Waals surface area contributed by atoms with Crippen LogP contribution in [0.3, 0.4) is 0 Å². The quantitative estimate of drug-likeness (QED) is 0.911. The van der Waals surface area contributed by atoms with Gasteiger partial charge in [-0.2, -0.15) is 0 Å². The Balaban J connectivity index is 2.05. The lowest BCUT2D eigenvalue weighted by Gasteiger charge is -2.25. The first kappa shape index (κ1) is 13.6. The highest BCUT2D eigenvalue weighted by molar-refractivity contribution is 7.11. The molecule has 1 unspecified atom stereocenters. The second-order valence-electron chi connectivity index (χ2n) is 4.90. The van der Waals surface area contributed by atoms with E-state index in [1.807, 2.05) is 11.3 Å². The third-order valence-corrected chi connectivity index (χ3v) is 4.79. The number of likely N-dealkylation sites (tertiary alicyclic amines) is 1. The maximum atomic E-state index is 11.3. The van der Waals surface area contributed by atoms with E-state index < -0.39 is 5.97 Å². The van der Waals surface area contributed by atoms with Crippen molar-refractivity contribution < 1.29 is 9.90 Å². The predicted molar refractivity (Wildman–Crippen MR) is 74.0 cm³/mol. The first-order valence-corrected chi connectivity index (χ1v) is 7.56. The zero-order valence-corrected chi connectivity index (χ0v) is 11.7. The second kappa shape index (κ2) is 6.34. The van der Waals surface area contributed by atoms with Crippen molar-refractivity contribution in [1.82, 2.24) is 4.90 Å². The van der Waals surface area contributed by atoms with Crippen LogP contribution in [-0.2, 0) is 17.8 Å². The van der Waals surface area contributed by atoms with E-state index in [9.17, 15) is 9.90 Å². The Morgan fingerprint density at radius 3 is 2.83 bits per heavy atom. The summed E-state index contributed by atoms with van der Waals surface area (Å²) >= 11 is 1.81. The zero-order valence-electron chi connectivity index (χ0n) is 10.9. The lowest BCUT2D eigenvalue weighted by Crippen LogP contribution is -2.39. The maximum absolute atomic E-state index is 11.3. The fraction of sp³-hybridized carbons (Fsp3) is 0.643. The molecule has 0 aliphatic carbocycles. The van der Waals surface area contributed by atoms with Crippen LogP contribution in [0.4, 0.5) is 0 Å². The molecular formula is C14H21NO2S. The van der Waals surface area contributed by atoms with Crippen molar-refractivity contribution >= 4 is 17.3 Å². The fourth-order valence-electron chi connectivity index (χ4n) is 2.53. The van der Waals surface area contributed by atoms with Gasteiger partial charge in [0.2, 0.25) is 0 Å². The summed E-state index contributed by atoms with van der Waals surface area (Å²) in [5.41, 5.74) is 0. The van der Waals surface area contributed by atoms with E-state index >= 15 is 0 Å². The summed E-state index contributed by atoms with van der Waals surface area (Å²) in [4.78, 5) is 16.1. The van der Waals surface area contributed by atoms with Gasteiger partial charge in [-0.1, -0.05) is 19.8 Å². The highest BCUT2D eigenvalue weighted by Gasteiger charge is 2.27. The summed E-state index contributed by atoms with van der Waals surface area (Å²) in [5, 5.41) is 9.32. The van der Waals surface area contributed by atoms with E-state index in [4.69, 9.17) is 0 Å². The van der Waals surface area contributed by atoms with E-state index in [2.05, 4.69) is 24.0 Å². The van der Waals surface area contributed by atoms with Crippen LogP contribution < -0.4 is 0 Å². The highest BCUT2D eigenvalue weighted by Crippen LogP contribution is 2.23. The number of thiophene rings is 1. The molecule has 18 heavy (non-hydrogen) atoms. The average Bonchev–Trinajstić information content (AvgIpc) is 2.66. The number of carboxylic acid groups (broad SMARTS) is 1. The Kier molecular flexibility index (Phi) is 4.78. The number of hydrogen-bond acceptors (Lipinski definition) is 3. The molecule has 2 heterocycles. The lowest BCUT2D eigenvalue weighted by molar-refractivity contribution is -0.143. The van der Waals surface area contributed by atoms with Crippen molar-refractivity contribution in [2.75, 3.05) is 6.54 Å². The second-order valence-corrected chi connectivity index (χ2v) is 6.15. The molecule has 0 amide bonds. The number of nitrogens with zero attached hydrogens (tertiary/aromatic N) is 1. The van der Waals surface area contributed by atoms with Crippen LogP contribution in [0.2, 0.25) is 0 Å². The summed E-state index contributed by atoms with van der Waals surface area (Å²) < 4.78 is 0. The van der Waals surface area contributed by atoms with E-state index in [0.717, 1.165) is 45.2 Å². The molecule has 1 N–H and O–H groups in total. The van der Waals surface area contributed by atoms with Crippen LogP contribution >= 0.6 is 11.3 Å². The number of carbonyl (C=O) groups is 1. The van der Waals surface area contributed by atoms with Crippen molar-refractivity contribution in [2.24, 2.45) is 0 Å². The van der Waals surface area contributed by atoms with Crippen molar-refractivity contribution in [1.29, 1.82) is 0 Å². The molecule has 1 aliphatic heterocycles. The summed E-state index contributed by atoms with van der Waals surface area (Å²) in [6.07, 6.45) is 5.17. The van der Waals surface area contributed by atoms with Gasteiger partial charge in [-0.05, 0) is 37.9 Å². The molecule has 4 heteroatoms. The number of carboxylic acids is 1. The minimum atomic E-state index is -0.663. The van der Waals surface area contributed by atoms with Gasteiger partial charge in [-0.15, -0.1) is 11.3 Å². The molecule has 0 saturated carbocycles. The van der Waals surface area contributed by atoms with Gasteiger partial charge < -0.3 is 5.11 Å². The third kappa shape index (κ3) is 3.33. The molecule has 3 nitrogen and oxygen atoms in total. The van der Waals surface area contributed by atoms with Crippen molar-refractivity contribution in [3.8, 4) is 0 Å². The van der Waals surface area contributed by atoms with Gasteiger partial charge in [0.25, 0.3) is 0 Å². The molecule has 1 aromatic rings. The molecule has 2 rings (SSSR count). The topological polar surface area (TPSA) is 40.5 Å². The largest absolute Gasteiger partial charge is 0.480 e. The fourth-order valence-corrected chi connectivity index (χ4v) is 3.52. The number of aryl methyl sites for hydroxylation is 1. The van der Waals surface area contributed by atoms with E-state index in [1.165, 1.54) is 9.75 Å². The number of hydrogen-bond donors (Lipinski definition) is 1. The monoisotopic (exact) mass is 267 g/mol. The first-order chi connectivity index (χ1) is 8.70. The van der Waals surface area contributed by atoms with Gasteiger partial charge in [0, 0.05) is 16.3 Å². The lowest BCUT2D eigenvalue weighted by atomic mass is 10.1. The molecule has 1 fully saturated rings. The molecule has 0 radical (unpaired) electrons. The summed E-state index contributed by atoms with van der Waals surface area (Å²) in [6.45, 7) is 3.86. The van der Waals surface area contributed by atoms with Crippen LogP contribution in [0.1, 0.15) is 42.4 Å². The van der Waals surface area contributed by atoms with Crippen LogP contribution in [0, 0.1) is 0 Å². The Morgan fingerprint density at radius 1 is 1.39 bits per heavy atom. The molecule has 0 spiro atoms. The molecule has 1 saturated heterocycles. The molecule has 1 aliphatic rings. The molecular weight excluding hydrogens is 246 g/mol. The number of aliphatic carboxylic acids is 1. The minimum Gasteiger partial charge on any atom is -0.480 e. The number of rotatable bonds is 4. The summed E-state index contributed by atoms with van der Waals surface area (Å²) in [5.74, 6) is -0.663. The minimum absolute atomic E-state index is 0.292. The van der Waals surface area contributed by atoms with Crippen molar-refractivity contribution in [2.45, 2.75) is 51.6 Å². The van der Waals surface area contributed by atoms with Gasteiger partial charge >= 0.3 is 5.97 Å².